The molecule has 1 aliphatic carbocycles. The Morgan fingerprint density at radius 2 is 1.81 bits per heavy atom. The van der Waals surface area contributed by atoms with Gasteiger partial charge in [-0.05, 0) is 49.9 Å². The van der Waals surface area contributed by atoms with E-state index >= 15 is 0 Å². The summed E-state index contributed by atoms with van der Waals surface area (Å²) in [5, 5.41) is 0. The molecule has 1 saturated carbocycles. The highest BCUT2D eigenvalue weighted by Gasteiger charge is 2.46. The molecule has 3 unspecified atom stereocenters. The Morgan fingerprint density at radius 1 is 1.19 bits per heavy atom. The Balaban J connectivity index is 0.000000606. The summed E-state index contributed by atoms with van der Waals surface area (Å²) in [5.41, 5.74) is 0.728. The summed E-state index contributed by atoms with van der Waals surface area (Å²) < 4.78 is 5.91. The molecule has 0 aromatic carbocycles. The van der Waals surface area contributed by atoms with Gasteiger partial charge in [0.2, 0.25) is 0 Å². The van der Waals surface area contributed by atoms with Crippen LogP contribution in [0.4, 0.5) is 0 Å². The zero-order valence-electron chi connectivity index (χ0n) is 11.5. The van der Waals surface area contributed by atoms with Gasteiger partial charge in [0.1, 0.15) is 0 Å². The number of fused-ring (bicyclic) bond motifs is 1. The van der Waals surface area contributed by atoms with Gasteiger partial charge in [0.05, 0.1) is 5.60 Å². The van der Waals surface area contributed by atoms with Gasteiger partial charge in [-0.25, -0.2) is 0 Å². The van der Waals surface area contributed by atoms with Gasteiger partial charge in [-0.1, -0.05) is 20.8 Å². The van der Waals surface area contributed by atoms with Gasteiger partial charge in [-0.2, -0.15) is 0 Å². The SMILES string of the molecule is C=C.CC(C)(C)C1CCC2(C)OCCC2C1. The van der Waals surface area contributed by atoms with Gasteiger partial charge < -0.3 is 4.74 Å². The number of hydrogen-bond donors (Lipinski definition) is 0. The van der Waals surface area contributed by atoms with E-state index in [2.05, 4.69) is 40.9 Å². The number of rotatable bonds is 0. The summed E-state index contributed by atoms with van der Waals surface area (Å²) in [6.07, 6.45) is 5.32. The van der Waals surface area contributed by atoms with E-state index < -0.39 is 0 Å². The lowest BCUT2D eigenvalue weighted by atomic mass is 9.64. The van der Waals surface area contributed by atoms with Crippen molar-refractivity contribution in [3.8, 4) is 0 Å². The van der Waals surface area contributed by atoms with E-state index in [0.29, 0.717) is 5.41 Å². The average Bonchev–Trinajstić information content (AvgIpc) is 2.59. The lowest BCUT2D eigenvalue weighted by molar-refractivity contribution is -0.0523. The zero-order chi connectivity index (χ0) is 12.4. The Hall–Kier alpha value is -0.300. The minimum Gasteiger partial charge on any atom is -0.375 e. The minimum atomic E-state index is 0.238. The van der Waals surface area contributed by atoms with Gasteiger partial charge >= 0.3 is 0 Å². The zero-order valence-corrected chi connectivity index (χ0v) is 11.5. The second-order valence-corrected chi connectivity index (χ2v) is 6.48. The van der Waals surface area contributed by atoms with Crippen molar-refractivity contribution in [2.45, 2.75) is 59.0 Å². The summed E-state index contributed by atoms with van der Waals surface area (Å²) in [7, 11) is 0. The van der Waals surface area contributed by atoms with Crippen LogP contribution in [0.2, 0.25) is 0 Å². The molecular formula is C15H28O. The standard InChI is InChI=1S/C13H24O.C2H4/c1-12(2,3)10-5-7-13(4)11(9-10)6-8-14-13;1-2/h10-11H,5-9H2,1-4H3;1-2H2. The Morgan fingerprint density at radius 3 is 2.38 bits per heavy atom. The van der Waals surface area contributed by atoms with Gasteiger partial charge in [-0.15, -0.1) is 13.2 Å². The summed E-state index contributed by atoms with van der Waals surface area (Å²) in [4.78, 5) is 0. The summed E-state index contributed by atoms with van der Waals surface area (Å²) in [5.74, 6) is 1.74. The van der Waals surface area contributed by atoms with E-state index in [1.54, 1.807) is 0 Å². The third-order valence-corrected chi connectivity index (χ3v) is 4.54. The third-order valence-electron chi connectivity index (χ3n) is 4.54. The lowest BCUT2D eigenvalue weighted by Gasteiger charge is -2.43. The Labute approximate surface area is 101 Å². The van der Waals surface area contributed by atoms with E-state index in [9.17, 15) is 0 Å². The molecule has 0 aromatic heterocycles. The fraction of sp³-hybridized carbons (Fsp3) is 0.867. The molecule has 0 aromatic rings. The van der Waals surface area contributed by atoms with E-state index in [1.165, 1.54) is 25.7 Å². The molecule has 0 bridgehead atoms. The molecule has 2 rings (SSSR count). The van der Waals surface area contributed by atoms with Crippen molar-refractivity contribution in [2.24, 2.45) is 17.3 Å². The van der Waals surface area contributed by atoms with Crippen molar-refractivity contribution < 1.29 is 4.74 Å². The Kier molecular flexibility index (Phi) is 4.23. The molecule has 1 aliphatic heterocycles. The molecule has 0 N–H and O–H groups in total. The van der Waals surface area contributed by atoms with Crippen molar-refractivity contribution in [2.75, 3.05) is 6.61 Å². The summed E-state index contributed by atoms with van der Waals surface area (Å²) in [6, 6.07) is 0. The highest BCUT2D eigenvalue weighted by molar-refractivity contribution is 4.96. The molecule has 0 amide bonds. The smallest absolute Gasteiger partial charge is 0.0683 e. The molecular weight excluding hydrogens is 196 g/mol. The average molecular weight is 224 g/mol. The molecule has 0 radical (unpaired) electrons. The van der Waals surface area contributed by atoms with Crippen molar-refractivity contribution in [1.29, 1.82) is 0 Å². The van der Waals surface area contributed by atoms with E-state index in [0.717, 1.165) is 18.4 Å². The van der Waals surface area contributed by atoms with Crippen LogP contribution in [0.5, 0.6) is 0 Å². The van der Waals surface area contributed by atoms with Crippen LogP contribution in [0, 0.1) is 17.3 Å². The predicted octanol–water partition coefficient (Wildman–Crippen LogP) is 4.43. The maximum absolute atomic E-state index is 5.91. The van der Waals surface area contributed by atoms with Gasteiger partial charge in [-0.3, -0.25) is 0 Å². The molecule has 0 spiro atoms. The highest BCUT2D eigenvalue weighted by Crippen LogP contribution is 2.49. The topological polar surface area (TPSA) is 9.23 Å². The largest absolute Gasteiger partial charge is 0.375 e. The number of ether oxygens (including phenoxy) is 1. The molecule has 1 nitrogen and oxygen atoms in total. The van der Waals surface area contributed by atoms with Gasteiger partial charge in [0, 0.05) is 6.61 Å². The quantitative estimate of drug-likeness (QED) is 0.553. The molecule has 2 aliphatic rings. The van der Waals surface area contributed by atoms with Gasteiger partial charge in [0.15, 0.2) is 0 Å². The van der Waals surface area contributed by atoms with Crippen LogP contribution < -0.4 is 0 Å². The molecule has 1 saturated heterocycles. The minimum absolute atomic E-state index is 0.238. The van der Waals surface area contributed by atoms with E-state index in [-0.39, 0.29) is 5.60 Å². The van der Waals surface area contributed by atoms with Crippen LogP contribution in [0.3, 0.4) is 0 Å². The first-order chi connectivity index (χ1) is 7.42. The van der Waals surface area contributed by atoms with E-state index in [1.807, 2.05) is 0 Å². The van der Waals surface area contributed by atoms with Crippen LogP contribution in [0.25, 0.3) is 0 Å². The predicted molar refractivity (Wildman–Crippen MR) is 70.5 cm³/mol. The maximum atomic E-state index is 5.91. The van der Waals surface area contributed by atoms with Crippen LogP contribution in [0.1, 0.15) is 53.4 Å². The van der Waals surface area contributed by atoms with Crippen LogP contribution in [-0.4, -0.2) is 12.2 Å². The first-order valence-electron chi connectivity index (χ1n) is 6.56. The van der Waals surface area contributed by atoms with Crippen molar-refractivity contribution in [3.63, 3.8) is 0 Å². The van der Waals surface area contributed by atoms with Gasteiger partial charge in [0.25, 0.3) is 0 Å². The normalized spacial score (nSPS) is 38.5. The highest BCUT2D eigenvalue weighted by atomic mass is 16.5. The van der Waals surface area contributed by atoms with Crippen LogP contribution >= 0.6 is 0 Å². The lowest BCUT2D eigenvalue weighted by Crippen LogP contribution is -2.40. The van der Waals surface area contributed by atoms with Crippen LogP contribution in [0.15, 0.2) is 13.2 Å². The summed E-state index contributed by atoms with van der Waals surface area (Å²) >= 11 is 0. The number of hydrogen-bond acceptors (Lipinski definition) is 1. The molecule has 94 valence electrons. The molecule has 3 atom stereocenters. The monoisotopic (exact) mass is 224 g/mol. The van der Waals surface area contributed by atoms with Crippen LogP contribution in [-0.2, 0) is 4.74 Å². The fourth-order valence-electron chi connectivity index (χ4n) is 3.21. The first kappa shape index (κ1) is 13.8. The Bertz CT molecular complexity index is 228. The molecule has 1 heteroatoms. The van der Waals surface area contributed by atoms with Crippen molar-refractivity contribution in [1.82, 2.24) is 0 Å². The second kappa shape index (κ2) is 4.91. The fourth-order valence-corrected chi connectivity index (χ4v) is 3.21. The second-order valence-electron chi connectivity index (χ2n) is 6.48. The van der Waals surface area contributed by atoms with E-state index in [4.69, 9.17) is 4.74 Å². The maximum Gasteiger partial charge on any atom is 0.0683 e. The van der Waals surface area contributed by atoms with Crippen molar-refractivity contribution in [3.05, 3.63) is 13.2 Å². The first-order valence-corrected chi connectivity index (χ1v) is 6.56. The molecule has 1 heterocycles. The molecule has 16 heavy (non-hydrogen) atoms. The third kappa shape index (κ3) is 2.68. The van der Waals surface area contributed by atoms with Crippen molar-refractivity contribution >= 4 is 0 Å². The summed E-state index contributed by atoms with van der Waals surface area (Å²) in [6.45, 7) is 16.5. The molecule has 2 fully saturated rings.